The van der Waals surface area contributed by atoms with Crippen LogP contribution in [0.15, 0.2) is 17.3 Å². The van der Waals surface area contributed by atoms with Gasteiger partial charge in [0.05, 0.1) is 12.2 Å². The lowest BCUT2D eigenvalue weighted by Gasteiger charge is -2.27. The van der Waals surface area contributed by atoms with Crippen molar-refractivity contribution in [2.24, 2.45) is 23.9 Å². The lowest BCUT2D eigenvalue weighted by molar-refractivity contribution is 0.282. The third-order valence-corrected chi connectivity index (χ3v) is 4.27. The third kappa shape index (κ3) is 5.06. The van der Waals surface area contributed by atoms with Crippen molar-refractivity contribution >= 4 is 5.96 Å². The molecule has 2 unspecified atom stereocenters. The smallest absolute Gasteiger partial charge is 0.191 e. The van der Waals surface area contributed by atoms with Gasteiger partial charge in [0.15, 0.2) is 5.96 Å². The molecule has 0 aliphatic heterocycles. The molecule has 5 heteroatoms. The minimum Gasteiger partial charge on any atom is -0.357 e. The van der Waals surface area contributed by atoms with Crippen molar-refractivity contribution in [3.63, 3.8) is 0 Å². The molecule has 1 saturated carbocycles. The standard InChI is InChI=1S/C16H29N5/c1-4-17-16(19-12-15-8-9-20-21(15)3)18-11-14-7-5-6-13(2)10-14/h8-9,13-14H,4-7,10-12H2,1-3H3,(H2,17,18,19). The molecule has 0 spiro atoms. The molecule has 1 aliphatic carbocycles. The van der Waals surface area contributed by atoms with Gasteiger partial charge in [-0.3, -0.25) is 4.68 Å². The van der Waals surface area contributed by atoms with E-state index in [1.54, 1.807) is 0 Å². The van der Waals surface area contributed by atoms with Crippen molar-refractivity contribution in [1.29, 1.82) is 0 Å². The third-order valence-electron chi connectivity index (χ3n) is 4.27. The molecule has 21 heavy (non-hydrogen) atoms. The highest BCUT2D eigenvalue weighted by molar-refractivity contribution is 5.79. The number of nitrogens with one attached hydrogen (secondary N) is 2. The number of hydrogen-bond donors (Lipinski definition) is 2. The SMILES string of the molecule is CCNC(=NCc1ccnn1C)NCC1CCCC(C)C1. The second kappa shape index (κ2) is 8.05. The molecule has 0 amide bonds. The Morgan fingerprint density at radius 2 is 2.29 bits per heavy atom. The van der Waals surface area contributed by atoms with Crippen molar-refractivity contribution in [1.82, 2.24) is 20.4 Å². The molecule has 1 aliphatic rings. The highest BCUT2D eigenvalue weighted by Gasteiger charge is 2.18. The topological polar surface area (TPSA) is 54.2 Å². The summed E-state index contributed by atoms with van der Waals surface area (Å²) >= 11 is 0. The molecule has 1 fully saturated rings. The maximum absolute atomic E-state index is 4.65. The van der Waals surface area contributed by atoms with Gasteiger partial charge in [0, 0.05) is 26.3 Å². The van der Waals surface area contributed by atoms with E-state index in [2.05, 4.69) is 34.6 Å². The second-order valence-corrected chi connectivity index (χ2v) is 6.16. The fraction of sp³-hybridized carbons (Fsp3) is 0.750. The van der Waals surface area contributed by atoms with Gasteiger partial charge in [-0.1, -0.05) is 19.8 Å². The van der Waals surface area contributed by atoms with E-state index in [9.17, 15) is 0 Å². The van der Waals surface area contributed by atoms with Crippen LogP contribution < -0.4 is 10.6 Å². The second-order valence-electron chi connectivity index (χ2n) is 6.16. The monoisotopic (exact) mass is 291 g/mol. The van der Waals surface area contributed by atoms with Crippen molar-refractivity contribution in [3.05, 3.63) is 18.0 Å². The van der Waals surface area contributed by atoms with Gasteiger partial charge >= 0.3 is 0 Å². The number of aromatic nitrogens is 2. The van der Waals surface area contributed by atoms with Crippen LogP contribution in [0.3, 0.4) is 0 Å². The zero-order valence-corrected chi connectivity index (χ0v) is 13.6. The van der Waals surface area contributed by atoms with Gasteiger partial charge in [-0.25, -0.2) is 4.99 Å². The van der Waals surface area contributed by atoms with Gasteiger partial charge in [0.25, 0.3) is 0 Å². The molecule has 0 bridgehead atoms. The van der Waals surface area contributed by atoms with E-state index in [0.717, 1.165) is 36.6 Å². The first-order valence-electron chi connectivity index (χ1n) is 8.18. The summed E-state index contributed by atoms with van der Waals surface area (Å²) in [6.07, 6.45) is 7.27. The maximum Gasteiger partial charge on any atom is 0.191 e. The fourth-order valence-corrected chi connectivity index (χ4v) is 3.04. The number of aryl methyl sites for hydroxylation is 1. The number of aliphatic imine (C=N–C) groups is 1. The normalized spacial score (nSPS) is 23.1. The minimum atomic E-state index is 0.660. The molecule has 0 aromatic carbocycles. The molecular formula is C16H29N5. The van der Waals surface area contributed by atoms with E-state index >= 15 is 0 Å². The Morgan fingerprint density at radius 1 is 1.43 bits per heavy atom. The Labute approximate surface area is 128 Å². The highest BCUT2D eigenvalue weighted by atomic mass is 15.3. The Morgan fingerprint density at radius 3 is 2.95 bits per heavy atom. The van der Waals surface area contributed by atoms with Gasteiger partial charge in [-0.2, -0.15) is 5.10 Å². The summed E-state index contributed by atoms with van der Waals surface area (Å²) < 4.78 is 1.87. The lowest BCUT2D eigenvalue weighted by atomic mass is 9.82. The summed E-state index contributed by atoms with van der Waals surface area (Å²) in [5.41, 5.74) is 1.12. The van der Waals surface area contributed by atoms with E-state index in [1.807, 2.05) is 24.0 Å². The van der Waals surface area contributed by atoms with E-state index in [1.165, 1.54) is 25.7 Å². The van der Waals surface area contributed by atoms with Gasteiger partial charge in [0.1, 0.15) is 0 Å². The molecule has 5 nitrogen and oxygen atoms in total. The molecule has 1 heterocycles. The molecule has 2 N–H and O–H groups in total. The number of rotatable bonds is 5. The first-order valence-corrected chi connectivity index (χ1v) is 8.18. The summed E-state index contributed by atoms with van der Waals surface area (Å²) in [5, 5.41) is 11.0. The van der Waals surface area contributed by atoms with Gasteiger partial charge < -0.3 is 10.6 Å². The van der Waals surface area contributed by atoms with Gasteiger partial charge in [0.2, 0.25) is 0 Å². The lowest BCUT2D eigenvalue weighted by Crippen LogP contribution is -2.40. The first kappa shape index (κ1) is 15.9. The van der Waals surface area contributed by atoms with Crippen LogP contribution in [-0.4, -0.2) is 28.8 Å². The molecule has 118 valence electrons. The van der Waals surface area contributed by atoms with Crippen LogP contribution in [0.1, 0.15) is 45.2 Å². The first-order chi connectivity index (χ1) is 10.2. The van der Waals surface area contributed by atoms with Crippen LogP contribution in [0, 0.1) is 11.8 Å². The van der Waals surface area contributed by atoms with Gasteiger partial charge in [-0.15, -0.1) is 0 Å². The van der Waals surface area contributed by atoms with Crippen LogP contribution in [0.2, 0.25) is 0 Å². The summed E-state index contributed by atoms with van der Waals surface area (Å²) in [6.45, 7) is 7.05. The summed E-state index contributed by atoms with van der Waals surface area (Å²) in [5.74, 6) is 2.57. The zero-order valence-electron chi connectivity index (χ0n) is 13.6. The molecule has 2 atom stereocenters. The molecular weight excluding hydrogens is 262 g/mol. The highest BCUT2D eigenvalue weighted by Crippen LogP contribution is 2.27. The molecule has 1 aromatic rings. The minimum absolute atomic E-state index is 0.660. The number of hydrogen-bond acceptors (Lipinski definition) is 2. The van der Waals surface area contributed by atoms with Crippen LogP contribution in [0.5, 0.6) is 0 Å². The Bertz CT molecular complexity index is 451. The Kier molecular flexibility index (Phi) is 6.08. The van der Waals surface area contributed by atoms with E-state index < -0.39 is 0 Å². The molecule has 0 saturated heterocycles. The van der Waals surface area contributed by atoms with Crippen molar-refractivity contribution < 1.29 is 0 Å². The van der Waals surface area contributed by atoms with Crippen LogP contribution in [0.25, 0.3) is 0 Å². The predicted octanol–water partition coefficient (Wildman–Crippen LogP) is 2.30. The zero-order chi connectivity index (χ0) is 15.1. The number of guanidine groups is 1. The summed E-state index contributed by atoms with van der Waals surface area (Å²) in [7, 11) is 1.95. The van der Waals surface area contributed by atoms with Gasteiger partial charge in [-0.05, 0) is 37.7 Å². The van der Waals surface area contributed by atoms with E-state index in [0.29, 0.717) is 6.54 Å². The summed E-state index contributed by atoms with van der Waals surface area (Å²) in [4.78, 5) is 4.65. The molecule has 0 radical (unpaired) electrons. The van der Waals surface area contributed by atoms with E-state index in [-0.39, 0.29) is 0 Å². The average Bonchev–Trinajstić information content (AvgIpc) is 2.87. The van der Waals surface area contributed by atoms with Crippen molar-refractivity contribution in [2.45, 2.75) is 46.1 Å². The molecule has 1 aromatic heterocycles. The number of nitrogens with zero attached hydrogens (tertiary/aromatic N) is 3. The van der Waals surface area contributed by atoms with Crippen LogP contribution in [-0.2, 0) is 13.6 Å². The Balaban J connectivity index is 1.84. The maximum atomic E-state index is 4.65. The summed E-state index contributed by atoms with van der Waals surface area (Å²) in [6, 6.07) is 2.01. The fourth-order valence-electron chi connectivity index (χ4n) is 3.04. The van der Waals surface area contributed by atoms with Crippen molar-refractivity contribution in [3.8, 4) is 0 Å². The quantitative estimate of drug-likeness (QED) is 0.646. The predicted molar refractivity (Wildman–Crippen MR) is 87.1 cm³/mol. The van der Waals surface area contributed by atoms with E-state index in [4.69, 9.17) is 0 Å². The largest absolute Gasteiger partial charge is 0.357 e. The van der Waals surface area contributed by atoms with Crippen LogP contribution >= 0.6 is 0 Å². The van der Waals surface area contributed by atoms with Crippen molar-refractivity contribution in [2.75, 3.05) is 13.1 Å². The molecule has 2 rings (SSSR count). The Hall–Kier alpha value is -1.52. The average molecular weight is 291 g/mol. The van der Waals surface area contributed by atoms with Crippen LogP contribution in [0.4, 0.5) is 0 Å².